The van der Waals surface area contributed by atoms with Crippen molar-refractivity contribution in [3.05, 3.63) is 25.5 Å². The van der Waals surface area contributed by atoms with Gasteiger partial charge in [0.25, 0.3) is 0 Å². The number of imidazole rings is 1. The minimum Gasteiger partial charge on any atom is -0.434 e. The number of phosphoric ester groups is 3. The number of hydrogen-bond acceptors (Lipinski definition) is 18. The van der Waals surface area contributed by atoms with Crippen molar-refractivity contribution in [2.24, 2.45) is 5.41 Å². The number of aromatic nitrogens is 4. The average Bonchev–Trinajstić information content (AvgIpc) is 3.58. The van der Waals surface area contributed by atoms with Crippen molar-refractivity contribution >= 4 is 64.3 Å². The number of phosphoric acid groups is 3. The number of rotatable bonds is 21. The number of nitrogen functional groups attached to an aromatic ring is 1. The minimum absolute atomic E-state index is 0.0228. The molecule has 3 rings (SSSR count). The van der Waals surface area contributed by atoms with Gasteiger partial charge in [-0.1, -0.05) is 20.4 Å². The maximum atomic E-state index is 12.7. The van der Waals surface area contributed by atoms with E-state index in [1.807, 2.05) is 0 Å². The first-order valence-electron chi connectivity index (χ1n) is 14.8. The fourth-order valence-electron chi connectivity index (χ4n) is 4.58. The molecule has 7 unspecified atom stereocenters. The number of nitrogens with two attached hydrogens (primary N) is 1. The summed E-state index contributed by atoms with van der Waals surface area (Å²) in [7, 11) is -16.4. The van der Waals surface area contributed by atoms with E-state index in [1.165, 1.54) is 27.0 Å². The molecule has 7 atom stereocenters. The molecule has 24 nitrogen and oxygen atoms in total. The summed E-state index contributed by atoms with van der Waals surface area (Å²) in [5.41, 5.74) is 2.33. The fraction of sp³-hybridized carbons (Fsp3) is 0.625. The lowest BCUT2D eigenvalue weighted by atomic mass is 9.87. The van der Waals surface area contributed by atoms with Crippen molar-refractivity contribution in [1.82, 2.24) is 30.2 Å². The Balaban J connectivity index is 1.58. The second-order valence-corrected chi connectivity index (χ2v) is 16.8. The standard InChI is InChI=1S/C24H40N7O17P3S/c1-5-45-52-9-8-26-15(32)6-7-27-22(35)19(34)23(2,3)11-44-51(41,42)48-50(39,40)43-10-14-17(47-49(36,37)38)18(33)24(4,46-14)31-13-30-16-20(25)28-12-29-21(16)31/h5,12-14,17-19,33-34H,1,6-11H2,2-4H3,(H,26,32)(H,27,35)(H,39,40)(H,41,42)(H2,25,28,29)(H2,36,37,38). The van der Waals surface area contributed by atoms with Crippen LogP contribution in [0.1, 0.15) is 27.2 Å². The van der Waals surface area contributed by atoms with Gasteiger partial charge in [0.15, 0.2) is 17.2 Å². The van der Waals surface area contributed by atoms with Crippen LogP contribution in [0.3, 0.4) is 0 Å². The largest absolute Gasteiger partial charge is 0.481 e. The van der Waals surface area contributed by atoms with E-state index in [-0.39, 0.29) is 36.5 Å². The van der Waals surface area contributed by atoms with Crippen LogP contribution in [0.15, 0.2) is 25.5 Å². The van der Waals surface area contributed by atoms with Crippen molar-refractivity contribution in [1.29, 1.82) is 0 Å². The molecule has 28 heteroatoms. The molecule has 1 fully saturated rings. The zero-order chi connectivity index (χ0) is 39.1. The average molecular weight is 824 g/mol. The molecule has 1 aliphatic heterocycles. The first kappa shape index (κ1) is 43.8. The summed E-state index contributed by atoms with van der Waals surface area (Å²) < 4.78 is 67.3. The van der Waals surface area contributed by atoms with Gasteiger partial charge in [-0.15, -0.1) is 0 Å². The minimum atomic E-state index is -5.57. The lowest BCUT2D eigenvalue weighted by Crippen LogP contribution is -2.46. The van der Waals surface area contributed by atoms with Gasteiger partial charge in [0.2, 0.25) is 11.8 Å². The van der Waals surface area contributed by atoms with Crippen LogP contribution in [0.4, 0.5) is 5.82 Å². The number of carbonyl (C=O) groups excluding carboxylic acids is 2. The van der Waals surface area contributed by atoms with E-state index in [4.69, 9.17) is 28.2 Å². The van der Waals surface area contributed by atoms with Crippen LogP contribution in [0.25, 0.3) is 11.2 Å². The summed E-state index contributed by atoms with van der Waals surface area (Å²) in [6.07, 6.45) is -4.17. The Morgan fingerprint density at radius 2 is 1.83 bits per heavy atom. The molecule has 1 aliphatic rings. The Hall–Kier alpha value is -2.57. The highest BCUT2D eigenvalue weighted by molar-refractivity contribution is 7.94. The Kier molecular flexibility index (Phi) is 14.9. The Morgan fingerprint density at radius 1 is 1.15 bits per heavy atom. The van der Waals surface area contributed by atoms with Gasteiger partial charge in [-0.05, 0) is 6.92 Å². The molecule has 2 aromatic rings. The predicted octanol–water partition coefficient (Wildman–Crippen LogP) is -0.613. The number of anilines is 1. The van der Waals surface area contributed by atoms with Crippen LogP contribution in [-0.2, 0) is 55.8 Å². The van der Waals surface area contributed by atoms with Crippen molar-refractivity contribution in [2.75, 3.05) is 37.8 Å². The molecule has 2 amide bonds. The van der Waals surface area contributed by atoms with E-state index in [1.54, 1.807) is 0 Å². The smallest absolute Gasteiger partial charge is 0.434 e. The van der Waals surface area contributed by atoms with Gasteiger partial charge in [0, 0.05) is 30.7 Å². The third-order valence-electron chi connectivity index (χ3n) is 7.21. The van der Waals surface area contributed by atoms with E-state index < -0.39 is 84.1 Å². The highest BCUT2D eigenvalue weighted by atomic mass is 32.2. The Morgan fingerprint density at radius 3 is 2.48 bits per heavy atom. The summed E-state index contributed by atoms with van der Waals surface area (Å²) in [5.74, 6) is -0.957. The highest BCUT2D eigenvalue weighted by Gasteiger charge is 2.57. The lowest BCUT2D eigenvalue weighted by Gasteiger charge is -2.30. The van der Waals surface area contributed by atoms with Gasteiger partial charge in [-0.3, -0.25) is 27.7 Å². The molecule has 0 aliphatic carbocycles. The molecule has 0 aromatic carbocycles. The van der Waals surface area contributed by atoms with Gasteiger partial charge < -0.3 is 55.1 Å². The highest BCUT2D eigenvalue weighted by Crippen LogP contribution is 2.61. The molecule has 0 bridgehead atoms. The summed E-state index contributed by atoms with van der Waals surface area (Å²) >= 11 is 1.07. The maximum Gasteiger partial charge on any atom is 0.481 e. The number of nitrogens with zero attached hydrogens (tertiary/aromatic N) is 4. The van der Waals surface area contributed by atoms with E-state index in [0.29, 0.717) is 5.75 Å². The molecule has 0 saturated carbocycles. The van der Waals surface area contributed by atoms with Gasteiger partial charge in [0.1, 0.15) is 36.3 Å². The van der Waals surface area contributed by atoms with Crippen molar-refractivity contribution in [3.63, 3.8) is 0 Å². The van der Waals surface area contributed by atoms with E-state index in [0.717, 1.165) is 29.3 Å². The van der Waals surface area contributed by atoms with Gasteiger partial charge in [0.05, 0.1) is 37.8 Å². The first-order valence-corrected chi connectivity index (χ1v) is 20.3. The third kappa shape index (κ3) is 12.0. The van der Waals surface area contributed by atoms with Crippen molar-refractivity contribution in [3.8, 4) is 0 Å². The van der Waals surface area contributed by atoms with Crippen LogP contribution in [0.2, 0.25) is 0 Å². The monoisotopic (exact) mass is 823 g/mol. The molecule has 0 spiro atoms. The SMILES string of the molecule is C=COSCCNC(=O)CCNC(=O)C(O)C(C)(C)COP(=O)(O)OP(=O)(O)OCC1OC(C)(n2cnc3c(N)ncnc32)C(O)C1OP(=O)(O)O. The Labute approximate surface area is 300 Å². The number of ether oxygens (including phenoxy) is 1. The number of carbonyl (C=O) groups is 2. The van der Waals surface area contributed by atoms with Crippen LogP contribution in [-0.4, -0.2) is 118 Å². The molecule has 1 saturated heterocycles. The van der Waals surface area contributed by atoms with Crippen molar-refractivity contribution in [2.45, 2.75) is 57.3 Å². The number of fused-ring (bicyclic) bond motifs is 1. The second kappa shape index (κ2) is 17.7. The molecular weight excluding hydrogens is 783 g/mol. The Bertz CT molecular complexity index is 1730. The van der Waals surface area contributed by atoms with Crippen LogP contribution < -0.4 is 16.4 Å². The quantitative estimate of drug-likeness (QED) is 0.0328. The third-order valence-corrected chi connectivity index (χ3v) is 10.9. The molecular formula is C24H40N7O17P3S. The maximum absolute atomic E-state index is 12.7. The zero-order valence-electron chi connectivity index (χ0n) is 27.8. The van der Waals surface area contributed by atoms with Gasteiger partial charge in [-0.25, -0.2) is 28.6 Å². The normalized spacial score (nSPS) is 23.8. The number of hydrogen-bond donors (Lipinski definition) is 9. The zero-order valence-corrected chi connectivity index (χ0v) is 31.3. The van der Waals surface area contributed by atoms with Gasteiger partial charge in [-0.2, -0.15) is 4.31 Å². The van der Waals surface area contributed by atoms with E-state index in [9.17, 15) is 53.1 Å². The number of nitrogens with one attached hydrogen (secondary N) is 2. The topological polar surface area (TPSA) is 356 Å². The molecule has 0 radical (unpaired) electrons. The second-order valence-electron chi connectivity index (χ2n) is 11.7. The molecule has 10 N–H and O–H groups in total. The number of aliphatic hydroxyl groups excluding tert-OH is 2. The number of amides is 2. The first-order chi connectivity index (χ1) is 24.0. The number of aliphatic hydroxyl groups is 2. The summed E-state index contributed by atoms with van der Waals surface area (Å²) in [6.45, 7) is 5.24. The summed E-state index contributed by atoms with van der Waals surface area (Å²) in [4.78, 5) is 75.5. The molecule has 294 valence electrons. The van der Waals surface area contributed by atoms with Crippen LogP contribution >= 0.6 is 35.5 Å². The summed E-state index contributed by atoms with van der Waals surface area (Å²) in [5, 5.41) is 26.5. The summed E-state index contributed by atoms with van der Waals surface area (Å²) in [6, 6.07) is 0. The van der Waals surface area contributed by atoms with E-state index >= 15 is 0 Å². The predicted molar refractivity (Wildman–Crippen MR) is 178 cm³/mol. The van der Waals surface area contributed by atoms with Crippen molar-refractivity contribution < 1.29 is 79.9 Å². The lowest BCUT2D eigenvalue weighted by molar-refractivity contribution is -0.137. The molecule has 3 heterocycles. The van der Waals surface area contributed by atoms with E-state index in [2.05, 4.69) is 36.5 Å². The van der Waals surface area contributed by atoms with Crippen LogP contribution in [0, 0.1) is 5.41 Å². The molecule has 2 aromatic heterocycles. The van der Waals surface area contributed by atoms with Gasteiger partial charge >= 0.3 is 23.5 Å². The molecule has 52 heavy (non-hydrogen) atoms. The fourth-order valence-corrected chi connectivity index (χ4v) is 7.78. The van der Waals surface area contributed by atoms with Crippen LogP contribution in [0.5, 0.6) is 0 Å².